The van der Waals surface area contributed by atoms with Crippen LogP contribution in [0.5, 0.6) is 0 Å². The van der Waals surface area contributed by atoms with Gasteiger partial charge in [0.05, 0.1) is 6.61 Å². The van der Waals surface area contributed by atoms with Crippen molar-refractivity contribution < 1.29 is 18.3 Å². The van der Waals surface area contributed by atoms with Gasteiger partial charge in [-0.2, -0.15) is 11.8 Å². The van der Waals surface area contributed by atoms with Gasteiger partial charge in [-0.05, 0) is 48.8 Å². The fourth-order valence-electron chi connectivity index (χ4n) is 2.50. The molecule has 1 aliphatic rings. The summed E-state index contributed by atoms with van der Waals surface area (Å²) in [4.78, 5) is 11.5. The van der Waals surface area contributed by atoms with E-state index in [9.17, 15) is 13.6 Å². The molecule has 1 saturated heterocycles. The summed E-state index contributed by atoms with van der Waals surface area (Å²) in [6, 6.07) is 2.34. The molecule has 1 heterocycles. The number of nitrogens with one attached hydrogen (secondary N) is 1. The first-order valence-electron chi connectivity index (χ1n) is 7.62. The molecule has 1 aromatic rings. The standard InChI is InChI=1S/C16H21F2NO2S/c1-2-3-6-21-16(20)19-12-9-13(17)15(14(18)10-12)11-4-7-22-8-5-11/h9-11H,2-8H2,1H3,(H,19,20). The lowest BCUT2D eigenvalue weighted by Gasteiger charge is -2.23. The lowest BCUT2D eigenvalue weighted by atomic mass is 9.92. The van der Waals surface area contributed by atoms with Crippen LogP contribution in [0.2, 0.25) is 0 Å². The minimum atomic E-state index is -0.686. The van der Waals surface area contributed by atoms with Crippen molar-refractivity contribution >= 4 is 23.5 Å². The van der Waals surface area contributed by atoms with Crippen LogP contribution in [0.3, 0.4) is 0 Å². The van der Waals surface area contributed by atoms with E-state index in [2.05, 4.69) is 5.32 Å². The lowest BCUT2D eigenvalue weighted by molar-refractivity contribution is 0.160. The zero-order valence-electron chi connectivity index (χ0n) is 12.7. The number of amides is 1. The fraction of sp³-hybridized carbons (Fsp3) is 0.562. The van der Waals surface area contributed by atoms with Crippen LogP contribution in [0.25, 0.3) is 0 Å². The van der Waals surface area contributed by atoms with Gasteiger partial charge in [-0.3, -0.25) is 5.32 Å². The number of anilines is 1. The van der Waals surface area contributed by atoms with Crippen LogP contribution in [0.4, 0.5) is 19.3 Å². The summed E-state index contributed by atoms with van der Waals surface area (Å²) in [5.74, 6) is 0.578. The molecule has 1 amide bonds. The summed E-state index contributed by atoms with van der Waals surface area (Å²) >= 11 is 1.81. The third-order valence-electron chi connectivity index (χ3n) is 3.69. The molecule has 0 unspecified atom stereocenters. The molecule has 0 spiro atoms. The molecule has 2 rings (SSSR count). The van der Waals surface area contributed by atoms with Crippen molar-refractivity contribution in [3.63, 3.8) is 0 Å². The molecule has 3 nitrogen and oxygen atoms in total. The zero-order valence-corrected chi connectivity index (χ0v) is 13.5. The van der Waals surface area contributed by atoms with Crippen molar-refractivity contribution in [1.29, 1.82) is 0 Å². The number of rotatable bonds is 5. The second-order valence-corrected chi connectivity index (χ2v) is 6.58. The highest BCUT2D eigenvalue weighted by molar-refractivity contribution is 7.99. The third-order valence-corrected chi connectivity index (χ3v) is 4.73. The maximum atomic E-state index is 14.2. The minimum absolute atomic E-state index is 0.0770. The Hall–Kier alpha value is -1.30. The topological polar surface area (TPSA) is 38.3 Å². The smallest absolute Gasteiger partial charge is 0.411 e. The normalized spacial score (nSPS) is 15.6. The Morgan fingerprint density at radius 1 is 1.32 bits per heavy atom. The lowest BCUT2D eigenvalue weighted by Crippen LogP contribution is -2.16. The van der Waals surface area contributed by atoms with Gasteiger partial charge in [-0.15, -0.1) is 0 Å². The third kappa shape index (κ3) is 4.60. The van der Waals surface area contributed by atoms with Gasteiger partial charge in [-0.1, -0.05) is 13.3 Å². The van der Waals surface area contributed by atoms with E-state index in [0.717, 1.165) is 37.2 Å². The van der Waals surface area contributed by atoms with Crippen LogP contribution >= 0.6 is 11.8 Å². The average molecular weight is 329 g/mol. The van der Waals surface area contributed by atoms with E-state index in [1.807, 2.05) is 18.7 Å². The molecule has 0 aliphatic carbocycles. The molecule has 1 N–H and O–H groups in total. The van der Waals surface area contributed by atoms with Crippen LogP contribution in [-0.4, -0.2) is 24.2 Å². The molecule has 122 valence electrons. The fourth-order valence-corrected chi connectivity index (χ4v) is 3.60. The van der Waals surface area contributed by atoms with E-state index in [-0.39, 0.29) is 17.2 Å². The Bertz CT molecular complexity index is 496. The van der Waals surface area contributed by atoms with E-state index in [4.69, 9.17) is 4.74 Å². The van der Waals surface area contributed by atoms with E-state index < -0.39 is 17.7 Å². The van der Waals surface area contributed by atoms with Gasteiger partial charge in [0.1, 0.15) is 11.6 Å². The number of carbonyl (C=O) groups excluding carboxylic acids is 1. The summed E-state index contributed by atoms with van der Waals surface area (Å²) in [5.41, 5.74) is 0.232. The van der Waals surface area contributed by atoms with Gasteiger partial charge >= 0.3 is 6.09 Å². The summed E-state index contributed by atoms with van der Waals surface area (Å²) in [7, 11) is 0. The van der Waals surface area contributed by atoms with E-state index in [0.29, 0.717) is 6.61 Å². The van der Waals surface area contributed by atoms with Crippen LogP contribution in [0.15, 0.2) is 12.1 Å². The Kier molecular flexibility index (Phi) is 6.49. The van der Waals surface area contributed by atoms with Gasteiger partial charge in [0.15, 0.2) is 0 Å². The van der Waals surface area contributed by atoms with Crippen molar-refractivity contribution in [3.8, 4) is 0 Å². The summed E-state index contributed by atoms with van der Waals surface area (Å²) in [6.45, 7) is 2.28. The highest BCUT2D eigenvalue weighted by Gasteiger charge is 2.23. The van der Waals surface area contributed by atoms with Gasteiger partial charge in [0, 0.05) is 11.3 Å². The maximum absolute atomic E-state index is 14.2. The quantitative estimate of drug-likeness (QED) is 0.779. The van der Waals surface area contributed by atoms with Crippen molar-refractivity contribution in [1.82, 2.24) is 0 Å². The number of thioether (sulfide) groups is 1. The van der Waals surface area contributed by atoms with Crippen molar-refractivity contribution in [2.45, 2.75) is 38.5 Å². The Morgan fingerprint density at radius 3 is 2.55 bits per heavy atom. The van der Waals surface area contributed by atoms with Crippen LogP contribution in [-0.2, 0) is 4.74 Å². The largest absolute Gasteiger partial charge is 0.449 e. The molecule has 0 bridgehead atoms. The van der Waals surface area contributed by atoms with Crippen LogP contribution in [0, 0.1) is 11.6 Å². The van der Waals surface area contributed by atoms with Gasteiger partial charge < -0.3 is 4.74 Å². The predicted molar refractivity (Wildman–Crippen MR) is 85.5 cm³/mol. The minimum Gasteiger partial charge on any atom is -0.449 e. The van der Waals surface area contributed by atoms with Crippen LogP contribution < -0.4 is 5.32 Å². The molecule has 0 aromatic heterocycles. The van der Waals surface area contributed by atoms with Crippen LogP contribution in [0.1, 0.15) is 44.1 Å². The first-order valence-corrected chi connectivity index (χ1v) is 8.77. The van der Waals surface area contributed by atoms with Gasteiger partial charge in [0.25, 0.3) is 0 Å². The monoisotopic (exact) mass is 329 g/mol. The van der Waals surface area contributed by atoms with E-state index in [1.165, 1.54) is 12.1 Å². The number of halogens is 2. The molecule has 0 saturated carbocycles. The molecule has 22 heavy (non-hydrogen) atoms. The SMILES string of the molecule is CCCCOC(=O)Nc1cc(F)c(C2CCSCC2)c(F)c1. The predicted octanol–water partition coefficient (Wildman–Crippen LogP) is 4.92. The maximum Gasteiger partial charge on any atom is 0.411 e. The molecule has 1 aromatic carbocycles. The highest BCUT2D eigenvalue weighted by Crippen LogP contribution is 2.35. The molecule has 0 radical (unpaired) electrons. The second kappa shape index (κ2) is 8.36. The van der Waals surface area contributed by atoms with Gasteiger partial charge in [-0.25, -0.2) is 13.6 Å². The van der Waals surface area contributed by atoms with Crippen molar-refractivity contribution in [3.05, 3.63) is 29.3 Å². The number of unbranched alkanes of at least 4 members (excludes halogenated alkanes) is 1. The molecular formula is C16H21F2NO2S. The number of benzene rings is 1. The molecule has 1 aliphatic heterocycles. The molecular weight excluding hydrogens is 308 g/mol. The number of hydrogen-bond donors (Lipinski definition) is 1. The average Bonchev–Trinajstić information content (AvgIpc) is 2.48. The first-order chi connectivity index (χ1) is 10.6. The van der Waals surface area contributed by atoms with E-state index in [1.54, 1.807) is 0 Å². The Morgan fingerprint density at radius 2 is 1.95 bits per heavy atom. The summed E-state index contributed by atoms with van der Waals surface area (Å²) in [6.07, 6.45) is 2.54. The molecule has 6 heteroatoms. The zero-order chi connectivity index (χ0) is 15.9. The second-order valence-electron chi connectivity index (χ2n) is 5.35. The number of hydrogen-bond acceptors (Lipinski definition) is 3. The molecule has 1 fully saturated rings. The summed E-state index contributed by atoms with van der Waals surface area (Å²) < 4.78 is 33.3. The van der Waals surface area contributed by atoms with Crippen molar-refractivity contribution in [2.75, 3.05) is 23.4 Å². The first kappa shape index (κ1) is 17.1. The van der Waals surface area contributed by atoms with E-state index >= 15 is 0 Å². The Balaban J connectivity index is 2.04. The Labute approximate surface area is 133 Å². The highest BCUT2D eigenvalue weighted by atomic mass is 32.2. The summed E-state index contributed by atoms with van der Waals surface area (Å²) in [5, 5.41) is 2.37. The molecule has 0 atom stereocenters. The number of ether oxygens (including phenoxy) is 1. The van der Waals surface area contributed by atoms with Gasteiger partial charge in [0.2, 0.25) is 0 Å². The van der Waals surface area contributed by atoms with Crippen molar-refractivity contribution in [2.24, 2.45) is 0 Å². The number of carbonyl (C=O) groups is 1.